The Labute approximate surface area is 217 Å². The maximum absolute atomic E-state index is 4.21. The summed E-state index contributed by atoms with van der Waals surface area (Å²) in [5.74, 6) is 7.21. The van der Waals surface area contributed by atoms with E-state index in [1.807, 2.05) is 0 Å². The molecular formula is C34H66. The van der Waals surface area contributed by atoms with Gasteiger partial charge in [-0.25, -0.2) is 0 Å². The van der Waals surface area contributed by atoms with E-state index in [1.54, 1.807) is 0 Å². The average Bonchev–Trinajstić information content (AvgIpc) is 2.80. The first kappa shape index (κ1) is 33.5. The van der Waals surface area contributed by atoms with Gasteiger partial charge in [0.25, 0.3) is 0 Å². The first-order valence-corrected chi connectivity index (χ1v) is 15.0. The standard InChI is InChI=1S/C34H66/c1-14-34(13,24-22-33(12)32(11)20-18-29(8)26(4)5)23-21-27(6)15-16-30(9)31(10)19-17-28(7)25(2)3/h14,21,23,25-33H,1,15-20,22,24H2,2-13H3. The molecule has 0 aromatic heterocycles. The van der Waals surface area contributed by atoms with Crippen molar-refractivity contribution in [2.24, 2.45) is 58.7 Å². The van der Waals surface area contributed by atoms with Crippen LogP contribution >= 0.6 is 0 Å². The lowest BCUT2D eigenvalue weighted by atomic mass is 9.78. The highest BCUT2D eigenvalue weighted by Crippen LogP contribution is 2.33. The number of hydrogen-bond acceptors (Lipinski definition) is 0. The molecule has 0 amide bonds. The smallest absolute Gasteiger partial charge is 0.00302 e. The molecule has 0 radical (unpaired) electrons. The molecule has 0 fully saturated rings. The van der Waals surface area contributed by atoms with E-state index in [9.17, 15) is 0 Å². The van der Waals surface area contributed by atoms with E-state index in [0.29, 0.717) is 5.92 Å². The second-order valence-electron chi connectivity index (χ2n) is 13.7. The molecule has 0 heteroatoms. The summed E-state index contributed by atoms with van der Waals surface area (Å²) in [6.45, 7) is 33.1. The van der Waals surface area contributed by atoms with Crippen LogP contribution in [0.2, 0.25) is 0 Å². The van der Waals surface area contributed by atoms with E-state index in [2.05, 4.69) is 108 Å². The van der Waals surface area contributed by atoms with E-state index < -0.39 is 0 Å². The minimum atomic E-state index is 0.124. The summed E-state index contributed by atoms with van der Waals surface area (Å²) in [6, 6.07) is 0. The Balaban J connectivity index is 4.52. The highest BCUT2D eigenvalue weighted by Gasteiger charge is 2.22. The van der Waals surface area contributed by atoms with Crippen molar-refractivity contribution >= 4 is 0 Å². The monoisotopic (exact) mass is 475 g/mol. The Kier molecular flexibility index (Phi) is 16.8. The van der Waals surface area contributed by atoms with Crippen LogP contribution < -0.4 is 0 Å². The van der Waals surface area contributed by atoms with Crippen LogP contribution in [0, 0.1) is 58.7 Å². The minimum absolute atomic E-state index is 0.124. The van der Waals surface area contributed by atoms with Gasteiger partial charge in [-0.3, -0.25) is 0 Å². The SMILES string of the molecule is C=CC(C)(C=CC(C)CCC(C)C(C)CCC(C)C(C)C)CCC(C)C(C)CCC(C)C(C)C. The lowest BCUT2D eigenvalue weighted by molar-refractivity contribution is 0.273. The summed E-state index contributed by atoms with van der Waals surface area (Å²) in [5, 5.41) is 0. The predicted molar refractivity (Wildman–Crippen MR) is 158 cm³/mol. The van der Waals surface area contributed by atoms with Gasteiger partial charge in [0.2, 0.25) is 0 Å². The molecular weight excluding hydrogens is 408 g/mol. The van der Waals surface area contributed by atoms with E-state index in [4.69, 9.17) is 0 Å². The summed E-state index contributed by atoms with van der Waals surface area (Å²) >= 11 is 0. The molecule has 0 rings (SSSR count). The molecule has 0 saturated carbocycles. The van der Waals surface area contributed by atoms with Crippen molar-refractivity contribution in [2.75, 3.05) is 0 Å². The molecule has 8 atom stereocenters. The highest BCUT2D eigenvalue weighted by atomic mass is 14.3. The van der Waals surface area contributed by atoms with Crippen LogP contribution in [0.5, 0.6) is 0 Å². The lowest BCUT2D eigenvalue weighted by Crippen LogP contribution is -2.16. The highest BCUT2D eigenvalue weighted by molar-refractivity contribution is 5.08. The van der Waals surface area contributed by atoms with Gasteiger partial charge in [-0.05, 0) is 78.9 Å². The fourth-order valence-corrected chi connectivity index (χ4v) is 4.65. The number of hydrogen-bond donors (Lipinski definition) is 0. The first-order chi connectivity index (χ1) is 15.7. The summed E-state index contributed by atoms with van der Waals surface area (Å²) in [6.07, 6.45) is 17.8. The Bertz CT molecular complexity index is 540. The maximum atomic E-state index is 4.21. The molecule has 0 spiro atoms. The topological polar surface area (TPSA) is 0 Å². The Hall–Kier alpha value is -0.520. The van der Waals surface area contributed by atoms with Crippen molar-refractivity contribution in [3.05, 3.63) is 24.8 Å². The van der Waals surface area contributed by atoms with E-state index in [1.165, 1.54) is 51.4 Å². The third kappa shape index (κ3) is 14.1. The molecule has 0 aliphatic rings. The summed E-state index contributed by atoms with van der Waals surface area (Å²) in [5.41, 5.74) is 0.124. The van der Waals surface area contributed by atoms with E-state index in [0.717, 1.165) is 47.3 Å². The van der Waals surface area contributed by atoms with Gasteiger partial charge < -0.3 is 0 Å². The van der Waals surface area contributed by atoms with Gasteiger partial charge in [0.1, 0.15) is 0 Å². The Morgan fingerprint density at radius 2 is 0.882 bits per heavy atom. The minimum Gasteiger partial charge on any atom is -0.102 e. The molecule has 0 heterocycles. The molecule has 202 valence electrons. The van der Waals surface area contributed by atoms with Crippen LogP contribution in [0.15, 0.2) is 24.8 Å². The lowest BCUT2D eigenvalue weighted by Gasteiger charge is -2.28. The molecule has 0 aromatic carbocycles. The molecule has 34 heavy (non-hydrogen) atoms. The second kappa shape index (κ2) is 17.0. The molecule has 0 aliphatic heterocycles. The zero-order valence-electron chi connectivity index (χ0n) is 25.8. The fourth-order valence-electron chi connectivity index (χ4n) is 4.65. The van der Waals surface area contributed by atoms with Gasteiger partial charge in [0.05, 0.1) is 0 Å². The molecule has 0 bridgehead atoms. The van der Waals surface area contributed by atoms with Crippen molar-refractivity contribution in [1.82, 2.24) is 0 Å². The third-order valence-electron chi connectivity index (χ3n) is 9.86. The van der Waals surface area contributed by atoms with Crippen LogP contribution in [0.1, 0.15) is 134 Å². The van der Waals surface area contributed by atoms with Crippen molar-refractivity contribution < 1.29 is 0 Å². The molecule has 0 aromatic rings. The van der Waals surface area contributed by atoms with Crippen LogP contribution in [-0.4, -0.2) is 0 Å². The van der Waals surface area contributed by atoms with Gasteiger partial charge >= 0.3 is 0 Å². The largest absolute Gasteiger partial charge is 0.102 e. The van der Waals surface area contributed by atoms with Gasteiger partial charge in [0, 0.05) is 5.41 Å². The van der Waals surface area contributed by atoms with Gasteiger partial charge in [-0.15, -0.1) is 6.58 Å². The normalized spacial score (nSPS) is 20.6. The summed E-state index contributed by atoms with van der Waals surface area (Å²) in [7, 11) is 0. The number of allylic oxidation sites excluding steroid dienone is 3. The van der Waals surface area contributed by atoms with Crippen molar-refractivity contribution in [2.45, 2.75) is 134 Å². The Morgan fingerprint density at radius 3 is 1.26 bits per heavy atom. The fraction of sp³-hybridized carbons (Fsp3) is 0.882. The van der Waals surface area contributed by atoms with Crippen molar-refractivity contribution in [3.8, 4) is 0 Å². The van der Waals surface area contributed by atoms with E-state index >= 15 is 0 Å². The van der Waals surface area contributed by atoms with Crippen LogP contribution in [0.25, 0.3) is 0 Å². The van der Waals surface area contributed by atoms with Crippen LogP contribution in [0.3, 0.4) is 0 Å². The van der Waals surface area contributed by atoms with Crippen molar-refractivity contribution in [3.63, 3.8) is 0 Å². The quantitative estimate of drug-likeness (QED) is 0.163. The van der Waals surface area contributed by atoms with Gasteiger partial charge in [0.15, 0.2) is 0 Å². The zero-order chi connectivity index (χ0) is 26.5. The van der Waals surface area contributed by atoms with Gasteiger partial charge in [-0.1, -0.05) is 127 Å². The molecule has 0 saturated heterocycles. The molecule has 0 aliphatic carbocycles. The summed E-state index contributed by atoms with van der Waals surface area (Å²) < 4.78 is 0. The maximum Gasteiger partial charge on any atom is 0.00302 e. The summed E-state index contributed by atoms with van der Waals surface area (Å²) in [4.78, 5) is 0. The zero-order valence-corrected chi connectivity index (χ0v) is 25.8. The average molecular weight is 475 g/mol. The molecule has 8 unspecified atom stereocenters. The first-order valence-electron chi connectivity index (χ1n) is 15.0. The predicted octanol–water partition coefficient (Wildman–Crippen LogP) is 11.6. The third-order valence-corrected chi connectivity index (χ3v) is 9.86. The van der Waals surface area contributed by atoms with Crippen LogP contribution in [0.4, 0.5) is 0 Å². The van der Waals surface area contributed by atoms with Crippen LogP contribution in [-0.2, 0) is 0 Å². The van der Waals surface area contributed by atoms with Crippen molar-refractivity contribution in [1.29, 1.82) is 0 Å². The Morgan fingerprint density at radius 1 is 0.529 bits per heavy atom. The number of rotatable bonds is 19. The molecule has 0 nitrogen and oxygen atoms in total. The van der Waals surface area contributed by atoms with Gasteiger partial charge in [-0.2, -0.15) is 0 Å². The molecule has 0 N–H and O–H groups in total. The second-order valence-corrected chi connectivity index (χ2v) is 13.7. The van der Waals surface area contributed by atoms with E-state index in [-0.39, 0.29) is 5.41 Å².